The van der Waals surface area contributed by atoms with Crippen molar-refractivity contribution < 1.29 is 4.74 Å². The minimum Gasteiger partial charge on any atom is -0.475 e. The monoisotopic (exact) mass is 291 g/mol. The standard InChI is InChI=1S/C18H17N3O/c1-13-11-22-18(19-13)14-6-5-7-15(10-14)21-12-20(2)16-8-3-4-9-17(16)21/h3-10,13H,11H2,1-2H3/t13-/m1/s1. The number of hydrogen-bond acceptors (Lipinski definition) is 4. The van der Waals surface area contributed by atoms with Gasteiger partial charge < -0.3 is 14.5 Å². The second-order valence-electron chi connectivity index (χ2n) is 5.63. The van der Waals surface area contributed by atoms with Gasteiger partial charge in [0.2, 0.25) is 12.6 Å². The molecule has 2 aromatic carbocycles. The van der Waals surface area contributed by atoms with E-state index in [1.807, 2.05) is 36.2 Å². The van der Waals surface area contributed by atoms with Crippen molar-refractivity contribution in [2.24, 2.45) is 4.99 Å². The van der Waals surface area contributed by atoms with Crippen molar-refractivity contribution in [2.45, 2.75) is 13.0 Å². The maximum atomic E-state index is 5.66. The second-order valence-corrected chi connectivity index (χ2v) is 5.63. The third-order valence-corrected chi connectivity index (χ3v) is 3.88. The van der Waals surface area contributed by atoms with Crippen molar-refractivity contribution in [3.63, 3.8) is 0 Å². The number of anilines is 3. The molecule has 2 radical (unpaired) electrons. The lowest BCUT2D eigenvalue weighted by atomic mass is 10.1. The molecular weight excluding hydrogens is 274 g/mol. The summed E-state index contributed by atoms with van der Waals surface area (Å²) >= 11 is 0. The van der Waals surface area contributed by atoms with E-state index in [4.69, 9.17) is 4.74 Å². The number of ether oxygens (including phenoxy) is 1. The molecule has 1 atom stereocenters. The fourth-order valence-electron chi connectivity index (χ4n) is 2.80. The Balaban J connectivity index is 1.71. The summed E-state index contributed by atoms with van der Waals surface area (Å²) in [6.45, 7) is 6.07. The predicted octanol–water partition coefficient (Wildman–Crippen LogP) is 3.44. The van der Waals surface area contributed by atoms with Gasteiger partial charge in [-0.3, -0.25) is 0 Å². The number of aliphatic imine (C=N–C) groups is 1. The van der Waals surface area contributed by atoms with E-state index in [1.54, 1.807) is 0 Å². The first-order valence-corrected chi connectivity index (χ1v) is 7.42. The largest absolute Gasteiger partial charge is 0.475 e. The molecular formula is C18H17N3O. The van der Waals surface area contributed by atoms with Crippen molar-refractivity contribution in [2.75, 3.05) is 23.5 Å². The molecule has 0 amide bonds. The highest BCUT2D eigenvalue weighted by atomic mass is 16.5. The molecule has 2 aliphatic rings. The Bertz CT molecular complexity index is 741. The molecule has 0 N–H and O–H groups in total. The van der Waals surface area contributed by atoms with Crippen LogP contribution in [0.15, 0.2) is 53.5 Å². The van der Waals surface area contributed by atoms with Crippen LogP contribution in [0.4, 0.5) is 17.1 Å². The fraction of sp³-hybridized carbons (Fsp3) is 0.222. The van der Waals surface area contributed by atoms with E-state index in [1.165, 1.54) is 0 Å². The Labute approximate surface area is 130 Å². The van der Waals surface area contributed by atoms with E-state index < -0.39 is 0 Å². The highest BCUT2D eigenvalue weighted by Crippen LogP contribution is 2.41. The van der Waals surface area contributed by atoms with Crippen LogP contribution in [0.3, 0.4) is 0 Å². The van der Waals surface area contributed by atoms with Crippen LogP contribution < -0.4 is 9.80 Å². The summed E-state index contributed by atoms with van der Waals surface area (Å²) in [7, 11) is 2.01. The molecule has 4 rings (SSSR count). The number of nitrogens with zero attached hydrogens (tertiary/aromatic N) is 3. The van der Waals surface area contributed by atoms with Crippen LogP contribution in [0.5, 0.6) is 0 Å². The lowest BCUT2D eigenvalue weighted by molar-refractivity contribution is 0.324. The Morgan fingerprint density at radius 1 is 1.14 bits per heavy atom. The zero-order chi connectivity index (χ0) is 15.1. The smallest absolute Gasteiger partial charge is 0.216 e. The Morgan fingerprint density at radius 3 is 2.73 bits per heavy atom. The highest BCUT2D eigenvalue weighted by molar-refractivity contribution is 5.96. The second kappa shape index (κ2) is 5.05. The maximum absolute atomic E-state index is 5.66. The van der Waals surface area contributed by atoms with E-state index in [9.17, 15) is 0 Å². The maximum Gasteiger partial charge on any atom is 0.216 e. The summed E-state index contributed by atoms with van der Waals surface area (Å²) in [6.07, 6.45) is 0. The molecule has 2 heterocycles. The number of benzene rings is 2. The summed E-state index contributed by atoms with van der Waals surface area (Å²) < 4.78 is 5.66. The Hall–Kier alpha value is -2.49. The lowest BCUT2D eigenvalue weighted by Crippen LogP contribution is -2.17. The first kappa shape index (κ1) is 13.2. The van der Waals surface area contributed by atoms with Crippen molar-refractivity contribution in [3.8, 4) is 0 Å². The molecule has 0 aromatic heterocycles. The highest BCUT2D eigenvalue weighted by Gasteiger charge is 2.26. The summed E-state index contributed by atoms with van der Waals surface area (Å²) in [5, 5.41) is 0. The van der Waals surface area contributed by atoms with Crippen LogP contribution in [-0.4, -0.2) is 25.6 Å². The van der Waals surface area contributed by atoms with E-state index in [-0.39, 0.29) is 6.04 Å². The minimum atomic E-state index is 0.232. The van der Waals surface area contributed by atoms with Gasteiger partial charge in [-0.15, -0.1) is 0 Å². The topological polar surface area (TPSA) is 28.1 Å². The van der Waals surface area contributed by atoms with Crippen LogP contribution in [0.25, 0.3) is 0 Å². The summed E-state index contributed by atoms with van der Waals surface area (Å²) in [5.41, 5.74) is 4.34. The van der Waals surface area contributed by atoms with Gasteiger partial charge in [0.05, 0.1) is 17.4 Å². The first-order chi connectivity index (χ1) is 10.7. The number of rotatable bonds is 2. The minimum absolute atomic E-state index is 0.232. The Kier molecular flexibility index (Phi) is 3.03. The van der Waals surface area contributed by atoms with E-state index in [0.717, 1.165) is 28.5 Å². The molecule has 0 spiro atoms. The van der Waals surface area contributed by atoms with Gasteiger partial charge in [-0.05, 0) is 37.3 Å². The average molecular weight is 291 g/mol. The van der Waals surface area contributed by atoms with Gasteiger partial charge in [0.25, 0.3) is 0 Å². The summed E-state index contributed by atoms with van der Waals surface area (Å²) in [6, 6.07) is 16.7. The molecule has 0 aliphatic carbocycles. The number of hydrogen-bond donors (Lipinski definition) is 0. The van der Waals surface area contributed by atoms with Gasteiger partial charge in [0.15, 0.2) is 0 Å². The molecule has 2 aromatic rings. The van der Waals surface area contributed by atoms with Gasteiger partial charge in [0.1, 0.15) is 6.61 Å². The fourth-order valence-corrected chi connectivity index (χ4v) is 2.80. The van der Waals surface area contributed by atoms with Gasteiger partial charge >= 0.3 is 0 Å². The zero-order valence-electron chi connectivity index (χ0n) is 12.7. The molecule has 0 saturated heterocycles. The SMILES string of the molecule is C[C@@H]1COC(c2cccc(N3[C]N(C)c4ccccc43)c2)=N1. The quantitative estimate of drug-likeness (QED) is 0.848. The zero-order valence-corrected chi connectivity index (χ0v) is 12.7. The van der Waals surface area contributed by atoms with Gasteiger partial charge in [0, 0.05) is 18.3 Å². The number of fused-ring (bicyclic) bond motifs is 1. The van der Waals surface area contributed by atoms with Crippen molar-refractivity contribution >= 4 is 23.0 Å². The molecule has 0 saturated carbocycles. The first-order valence-electron chi connectivity index (χ1n) is 7.42. The van der Waals surface area contributed by atoms with Crippen LogP contribution >= 0.6 is 0 Å². The van der Waals surface area contributed by atoms with Crippen molar-refractivity contribution in [3.05, 3.63) is 60.8 Å². The predicted molar refractivity (Wildman–Crippen MR) is 88.6 cm³/mol. The van der Waals surface area contributed by atoms with Crippen molar-refractivity contribution in [1.82, 2.24) is 0 Å². The molecule has 22 heavy (non-hydrogen) atoms. The van der Waals surface area contributed by atoms with Gasteiger partial charge in [-0.1, -0.05) is 18.2 Å². The molecule has 2 aliphatic heterocycles. The van der Waals surface area contributed by atoms with E-state index >= 15 is 0 Å². The van der Waals surface area contributed by atoms with Crippen LogP contribution in [0, 0.1) is 6.67 Å². The molecule has 110 valence electrons. The molecule has 0 unspecified atom stereocenters. The van der Waals surface area contributed by atoms with Crippen LogP contribution in [0.2, 0.25) is 0 Å². The molecule has 0 fully saturated rings. The van der Waals surface area contributed by atoms with Gasteiger partial charge in [-0.2, -0.15) is 0 Å². The Morgan fingerprint density at radius 2 is 1.95 bits per heavy atom. The average Bonchev–Trinajstić information content (AvgIpc) is 3.12. The lowest BCUT2D eigenvalue weighted by Gasteiger charge is -2.18. The third kappa shape index (κ3) is 2.11. The number of para-hydroxylation sites is 2. The summed E-state index contributed by atoms with van der Waals surface area (Å²) in [5.74, 6) is 0.732. The third-order valence-electron chi connectivity index (χ3n) is 3.88. The van der Waals surface area contributed by atoms with Gasteiger partial charge in [-0.25, -0.2) is 4.99 Å². The molecule has 0 bridgehead atoms. The normalized spacial score (nSPS) is 19.9. The molecule has 4 heteroatoms. The van der Waals surface area contributed by atoms with E-state index in [2.05, 4.69) is 47.8 Å². The van der Waals surface area contributed by atoms with E-state index in [0.29, 0.717) is 6.61 Å². The van der Waals surface area contributed by atoms with Crippen LogP contribution in [0.1, 0.15) is 12.5 Å². The summed E-state index contributed by atoms with van der Waals surface area (Å²) in [4.78, 5) is 8.61. The van der Waals surface area contributed by atoms with Crippen LogP contribution in [-0.2, 0) is 4.74 Å². The molecule has 4 nitrogen and oxygen atoms in total. The van der Waals surface area contributed by atoms with Crippen molar-refractivity contribution in [1.29, 1.82) is 0 Å².